The summed E-state index contributed by atoms with van der Waals surface area (Å²) in [5, 5.41) is 3.46. The van der Waals surface area contributed by atoms with Gasteiger partial charge < -0.3 is 10.2 Å². The highest BCUT2D eigenvalue weighted by atomic mass is 19.1. The third-order valence-corrected chi connectivity index (χ3v) is 3.83. The Labute approximate surface area is 109 Å². The summed E-state index contributed by atoms with van der Waals surface area (Å²) >= 11 is 0. The van der Waals surface area contributed by atoms with E-state index in [0.717, 1.165) is 25.4 Å². The normalized spacial score (nSPS) is 22.1. The first-order chi connectivity index (χ1) is 8.66. The Balaban J connectivity index is 2.05. The topological polar surface area (TPSA) is 15.3 Å². The molecule has 2 rings (SSSR count). The Morgan fingerprint density at radius 2 is 2.06 bits per heavy atom. The first-order valence-corrected chi connectivity index (χ1v) is 6.79. The van der Waals surface area contributed by atoms with Gasteiger partial charge in [-0.15, -0.1) is 0 Å². The molecule has 2 atom stereocenters. The Morgan fingerprint density at radius 3 is 2.61 bits per heavy atom. The molecule has 0 bridgehead atoms. The van der Waals surface area contributed by atoms with Crippen LogP contribution in [0.25, 0.3) is 0 Å². The molecule has 0 aromatic heterocycles. The molecule has 1 N–H and O–H groups in total. The van der Waals surface area contributed by atoms with E-state index in [-0.39, 0.29) is 5.82 Å². The molecule has 1 aliphatic heterocycles. The second kappa shape index (κ2) is 6.30. The van der Waals surface area contributed by atoms with Crippen LogP contribution in [0, 0.1) is 11.7 Å². The average Bonchev–Trinajstić information content (AvgIpc) is 2.38. The maximum absolute atomic E-state index is 13.0. The third kappa shape index (κ3) is 3.53. The van der Waals surface area contributed by atoms with Crippen molar-refractivity contribution in [2.75, 3.05) is 27.2 Å². The molecule has 3 heteroatoms. The second-order valence-corrected chi connectivity index (χ2v) is 5.48. The van der Waals surface area contributed by atoms with Crippen LogP contribution in [0.2, 0.25) is 0 Å². The van der Waals surface area contributed by atoms with E-state index in [2.05, 4.69) is 24.3 Å². The van der Waals surface area contributed by atoms with E-state index >= 15 is 0 Å². The molecule has 0 saturated carbocycles. The number of nitrogens with zero attached hydrogens (tertiary/aromatic N) is 1. The van der Waals surface area contributed by atoms with Gasteiger partial charge in [-0.05, 0) is 70.1 Å². The minimum Gasteiger partial charge on any atom is -0.316 e. The Hall–Kier alpha value is -0.930. The zero-order valence-electron chi connectivity index (χ0n) is 11.3. The number of hydrogen-bond donors (Lipinski definition) is 1. The van der Waals surface area contributed by atoms with Crippen molar-refractivity contribution in [3.8, 4) is 0 Å². The number of rotatable bonds is 4. The van der Waals surface area contributed by atoms with E-state index in [1.807, 2.05) is 12.1 Å². The van der Waals surface area contributed by atoms with Gasteiger partial charge in [0.15, 0.2) is 0 Å². The summed E-state index contributed by atoms with van der Waals surface area (Å²) in [4.78, 5) is 2.24. The third-order valence-electron chi connectivity index (χ3n) is 3.83. The summed E-state index contributed by atoms with van der Waals surface area (Å²) in [6, 6.07) is 7.33. The van der Waals surface area contributed by atoms with Gasteiger partial charge in [-0.1, -0.05) is 12.1 Å². The highest BCUT2D eigenvalue weighted by molar-refractivity contribution is 5.20. The fourth-order valence-electron chi connectivity index (χ4n) is 2.77. The number of hydrogen-bond acceptors (Lipinski definition) is 2. The van der Waals surface area contributed by atoms with Gasteiger partial charge in [0.05, 0.1) is 0 Å². The second-order valence-electron chi connectivity index (χ2n) is 5.48. The molecular weight excluding hydrogens is 227 g/mol. The van der Waals surface area contributed by atoms with Gasteiger partial charge in [0.2, 0.25) is 0 Å². The van der Waals surface area contributed by atoms with Crippen LogP contribution >= 0.6 is 0 Å². The molecule has 1 saturated heterocycles. The van der Waals surface area contributed by atoms with Crippen LogP contribution in [0.4, 0.5) is 4.39 Å². The zero-order valence-corrected chi connectivity index (χ0v) is 11.3. The molecule has 0 aliphatic carbocycles. The molecule has 1 aromatic carbocycles. The standard InChI is InChI=1S/C15H23FN2/c1-18(2)15(10-12-4-3-9-17-11-12)13-5-7-14(16)8-6-13/h5-8,12,15,17H,3-4,9-11H2,1-2H3. The van der Waals surface area contributed by atoms with Crippen molar-refractivity contribution in [2.24, 2.45) is 5.92 Å². The maximum Gasteiger partial charge on any atom is 0.123 e. The molecule has 1 fully saturated rings. The van der Waals surface area contributed by atoms with Gasteiger partial charge in [-0.3, -0.25) is 0 Å². The maximum atomic E-state index is 13.0. The summed E-state index contributed by atoms with van der Waals surface area (Å²) in [5.41, 5.74) is 1.21. The van der Waals surface area contributed by atoms with Crippen molar-refractivity contribution in [1.82, 2.24) is 10.2 Å². The molecule has 0 amide bonds. The van der Waals surface area contributed by atoms with E-state index in [1.54, 1.807) is 12.1 Å². The summed E-state index contributed by atoms with van der Waals surface area (Å²) in [6.07, 6.45) is 3.72. The minimum atomic E-state index is -0.157. The molecule has 18 heavy (non-hydrogen) atoms. The molecule has 1 aromatic rings. The molecule has 1 heterocycles. The van der Waals surface area contributed by atoms with Crippen molar-refractivity contribution in [1.29, 1.82) is 0 Å². The van der Waals surface area contributed by atoms with Crippen LogP contribution in [-0.4, -0.2) is 32.1 Å². The van der Waals surface area contributed by atoms with Crippen molar-refractivity contribution >= 4 is 0 Å². The Bertz CT molecular complexity index is 355. The van der Waals surface area contributed by atoms with Gasteiger partial charge in [0.25, 0.3) is 0 Å². The predicted molar refractivity (Wildman–Crippen MR) is 73.0 cm³/mol. The first kappa shape index (κ1) is 13.5. The molecular formula is C15H23FN2. The van der Waals surface area contributed by atoms with E-state index in [1.165, 1.54) is 18.4 Å². The van der Waals surface area contributed by atoms with Gasteiger partial charge in [0, 0.05) is 6.04 Å². The summed E-state index contributed by atoms with van der Waals surface area (Å²) in [6.45, 7) is 2.27. The van der Waals surface area contributed by atoms with Crippen molar-refractivity contribution < 1.29 is 4.39 Å². The highest BCUT2D eigenvalue weighted by Crippen LogP contribution is 2.28. The minimum absolute atomic E-state index is 0.157. The quantitative estimate of drug-likeness (QED) is 0.884. The summed E-state index contributed by atoms with van der Waals surface area (Å²) in [7, 11) is 4.20. The number of piperidine rings is 1. The lowest BCUT2D eigenvalue weighted by Gasteiger charge is -2.31. The molecule has 0 spiro atoms. The zero-order chi connectivity index (χ0) is 13.0. The lowest BCUT2D eigenvalue weighted by Crippen LogP contribution is -2.33. The molecule has 2 unspecified atom stereocenters. The monoisotopic (exact) mass is 250 g/mol. The van der Waals surface area contributed by atoms with Crippen LogP contribution in [0.1, 0.15) is 30.9 Å². The van der Waals surface area contributed by atoms with Crippen molar-refractivity contribution in [2.45, 2.75) is 25.3 Å². The van der Waals surface area contributed by atoms with Crippen LogP contribution in [-0.2, 0) is 0 Å². The van der Waals surface area contributed by atoms with Gasteiger partial charge in [-0.25, -0.2) is 4.39 Å². The van der Waals surface area contributed by atoms with Gasteiger partial charge in [-0.2, -0.15) is 0 Å². The number of nitrogens with one attached hydrogen (secondary N) is 1. The van der Waals surface area contributed by atoms with Crippen LogP contribution < -0.4 is 5.32 Å². The number of halogens is 1. The van der Waals surface area contributed by atoms with Crippen LogP contribution in [0.15, 0.2) is 24.3 Å². The predicted octanol–water partition coefficient (Wildman–Crippen LogP) is 2.82. The van der Waals surface area contributed by atoms with Gasteiger partial charge >= 0.3 is 0 Å². The SMILES string of the molecule is CN(C)C(CC1CCCNC1)c1ccc(F)cc1. The van der Waals surface area contributed by atoms with E-state index in [4.69, 9.17) is 0 Å². The lowest BCUT2D eigenvalue weighted by atomic mass is 9.89. The molecule has 100 valence electrons. The Morgan fingerprint density at radius 1 is 1.33 bits per heavy atom. The molecule has 2 nitrogen and oxygen atoms in total. The summed E-state index contributed by atoms with van der Waals surface area (Å²) < 4.78 is 13.0. The smallest absolute Gasteiger partial charge is 0.123 e. The first-order valence-electron chi connectivity index (χ1n) is 6.79. The van der Waals surface area contributed by atoms with E-state index < -0.39 is 0 Å². The lowest BCUT2D eigenvalue weighted by molar-refractivity contribution is 0.225. The van der Waals surface area contributed by atoms with Crippen molar-refractivity contribution in [3.63, 3.8) is 0 Å². The van der Waals surface area contributed by atoms with E-state index in [0.29, 0.717) is 6.04 Å². The van der Waals surface area contributed by atoms with Crippen LogP contribution in [0.3, 0.4) is 0 Å². The average molecular weight is 250 g/mol. The fraction of sp³-hybridized carbons (Fsp3) is 0.600. The largest absolute Gasteiger partial charge is 0.316 e. The Kier molecular flexibility index (Phi) is 4.72. The summed E-state index contributed by atoms with van der Waals surface area (Å²) in [5.74, 6) is 0.576. The molecule has 0 radical (unpaired) electrons. The fourth-order valence-corrected chi connectivity index (χ4v) is 2.77. The van der Waals surface area contributed by atoms with E-state index in [9.17, 15) is 4.39 Å². The molecule has 1 aliphatic rings. The number of benzene rings is 1. The van der Waals surface area contributed by atoms with Crippen molar-refractivity contribution in [3.05, 3.63) is 35.6 Å². The van der Waals surface area contributed by atoms with Crippen LogP contribution in [0.5, 0.6) is 0 Å². The van der Waals surface area contributed by atoms with Gasteiger partial charge in [0.1, 0.15) is 5.82 Å². The highest BCUT2D eigenvalue weighted by Gasteiger charge is 2.21.